The molecule has 0 aliphatic heterocycles. The van der Waals surface area contributed by atoms with Gasteiger partial charge >= 0.3 is 0 Å². The lowest BCUT2D eigenvalue weighted by Crippen LogP contribution is -2.28. The first-order valence-electron chi connectivity index (χ1n) is 8.32. The van der Waals surface area contributed by atoms with Crippen LogP contribution in [-0.2, 0) is 4.79 Å². The number of anilines is 1. The third kappa shape index (κ3) is 5.27. The topological polar surface area (TPSA) is 75.1 Å². The summed E-state index contributed by atoms with van der Waals surface area (Å²) < 4.78 is 0. The Morgan fingerprint density at radius 3 is 2.42 bits per heavy atom. The van der Waals surface area contributed by atoms with Crippen LogP contribution in [0.15, 0.2) is 30.6 Å². The number of nitrogens with one attached hydrogen (secondary N) is 1. The maximum Gasteiger partial charge on any atom is 0.224 e. The fourth-order valence-corrected chi connectivity index (χ4v) is 3.43. The number of hydrogen-bond donors (Lipinski definition) is 2. The van der Waals surface area contributed by atoms with Crippen molar-refractivity contribution in [1.29, 1.82) is 0 Å². The van der Waals surface area contributed by atoms with Gasteiger partial charge < -0.3 is 10.4 Å². The van der Waals surface area contributed by atoms with Crippen LogP contribution in [0.1, 0.15) is 47.0 Å². The minimum absolute atomic E-state index is 0.0110. The van der Waals surface area contributed by atoms with Crippen LogP contribution in [-0.4, -0.2) is 27.6 Å². The zero-order chi connectivity index (χ0) is 17.8. The minimum Gasteiger partial charge on any atom is -0.396 e. The molecule has 130 valence electrons. The van der Waals surface area contributed by atoms with Crippen LogP contribution < -0.4 is 5.32 Å². The van der Waals surface area contributed by atoms with Crippen LogP contribution >= 0.6 is 0 Å². The average molecular weight is 329 g/mol. The summed E-state index contributed by atoms with van der Waals surface area (Å²) in [6, 6.07) is 5.54. The van der Waals surface area contributed by atoms with Crippen LogP contribution in [0.2, 0.25) is 0 Å². The Hall–Kier alpha value is -2.01. The van der Waals surface area contributed by atoms with Crippen molar-refractivity contribution in [2.75, 3.05) is 11.9 Å². The molecule has 1 amide bonds. The molecule has 0 aliphatic rings. The van der Waals surface area contributed by atoms with Gasteiger partial charge in [-0.15, -0.1) is 0 Å². The zero-order valence-corrected chi connectivity index (χ0v) is 15.0. The van der Waals surface area contributed by atoms with Crippen molar-refractivity contribution in [3.8, 4) is 0 Å². The number of carbonyl (C=O) groups excluding carboxylic acids is 1. The van der Waals surface area contributed by atoms with Gasteiger partial charge in [0.05, 0.1) is 11.0 Å². The first-order valence-corrected chi connectivity index (χ1v) is 8.32. The number of amides is 1. The molecule has 0 unspecified atom stereocenters. The van der Waals surface area contributed by atoms with E-state index in [1.165, 1.54) is 0 Å². The number of rotatable bonds is 7. The molecule has 0 fully saturated rings. The van der Waals surface area contributed by atoms with Crippen molar-refractivity contribution in [3.05, 3.63) is 30.6 Å². The first-order chi connectivity index (χ1) is 11.2. The van der Waals surface area contributed by atoms with E-state index in [-0.39, 0.29) is 23.3 Å². The van der Waals surface area contributed by atoms with Gasteiger partial charge in [-0.05, 0) is 41.9 Å². The standard InChI is InChI=1S/C19H27N3O2/c1-18(2,7-10-23)13-19(3,4)12-17(24)22-14-5-6-15-16(11-14)21-9-8-20-15/h5-6,8-9,11,23H,7,10,12-13H2,1-4H3,(H,22,24). The molecule has 0 saturated carbocycles. The lowest BCUT2D eigenvalue weighted by Gasteiger charge is -2.34. The van der Waals surface area contributed by atoms with E-state index in [1.807, 2.05) is 18.2 Å². The predicted octanol–water partition coefficient (Wildman–Crippen LogP) is 3.78. The van der Waals surface area contributed by atoms with E-state index >= 15 is 0 Å². The SMILES string of the molecule is CC(C)(CCO)CC(C)(C)CC(=O)Nc1ccc2nccnc2c1. The molecule has 0 spiro atoms. The van der Waals surface area contributed by atoms with Gasteiger partial charge in [-0.25, -0.2) is 0 Å². The number of aromatic nitrogens is 2. The number of benzene rings is 1. The Labute approximate surface area is 143 Å². The highest BCUT2D eigenvalue weighted by Crippen LogP contribution is 2.38. The van der Waals surface area contributed by atoms with Crippen molar-refractivity contribution in [2.45, 2.75) is 47.0 Å². The number of aliphatic hydroxyl groups is 1. The lowest BCUT2D eigenvalue weighted by atomic mass is 9.72. The smallest absolute Gasteiger partial charge is 0.224 e. The fraction of sp³-hybridized carbons (Fsp3) is 0.526. The highest BCUT2D eigenvalue weighted by atomic mass is 16.3. The van der Waals surface area contributed by atoms with Crippen LogP contribution in [0, 0.1) is 10.8 Å². The largest absolute Gasteiger partial charge is 0.396 e. The summed E-state index contributed by atoms with van der Waals surface area (Å²) in [7, 11) is 0. The molecule has 0 bridgehead atoms. The third-order valence-corrected chi connectivity index (χ3v) is 4.14. The van der Waals surface area contributed by atoms with Crippen LogP contribution in [0.4, 0.5) is 5.69 Å². The van der Waals surface area contributed by atoms with E-state index in [0.717, 1.165) is 29.6 Å². The number of hydrogen-bond acceptors (Lipinski definition) is 4. The number of fused-ring (bicyclic) bond motifs is 1. The van der Waals surface area contributed by atoms with Gasteiger partial charge in [0.25, 0.3) is 0 Å². The van der Waals surface area contributed by atoms with E-state index < -0.39 is 0 Å². The molecule has 5 nitrogen and oxygen atoms in total. The second kappa shape index (κ2) is 7.26. The molecule has 24 heavy (non-hydrogen) atoms. The van der Waals surface area contributed by atoms with Crippen molar-refractivity contribution in [2.24, 2.45) is 10.8 Å². The average Bonchev–Trinajstić information content (AvgIpc) is 2.44. The quantitative estimate of drug-likeness (QED) is 0.810. The summed E-state index contributed by atoms with van der Waals surface area (Å²) in [5.74, 6) is -0.0111. The Balaban J connectivity index is 2.00. The zero-order valence-electron chi connectivity index (χ0n) is 15.0. The molecule has 2 aromatic rings. The second-order valence-corrected chi connectivity index (χ2v) is 7.96. The Bertz CT molecular complexity index is 711. The molecular formula is C19H27N3O2. The van der Waals surface area contributed by atoms with E-state index in [9.17, 15) is 9.90 Å². The first kappa shape index (κ1) is 18.3. The molecule has 1 heterocycles. The predicted molar refractivity (Wildman–Crippen MR) is 96.7 cm³/mol. The van der Waals surface area contributed by atoms with Crippen LogP contribution in [0.5, 0.6) is 0 Å². The molecule has 1 aromatic heterocycles. The van der Waals surface area contributed by atoms with Gasteiger partial charge in [-0.3, -0.25) is 14.8 Å². The normalized spacial score (nSPS) is 12.4. The lowest BCUT2D eigenvalue weighted by molar-refractivity contribution is -0.118. The Morgan fingerprint density at radius 1 is 1.08 bits per heavy atom. The number of nitrogens with zero attached hydrogens (tertiary/aromatic N) is 2. The maximum absolute atomic E-state index is 12.4. The Kier molecular flexibility index (Phi) is 5.54. The highest BCUT2D eigenvalue weighted by molar-refractivity contribution is 5.93. The third-order valence-electron chi connectivity index (χ3n) is 4.14. The van der Waals surface area contributed by atoms with Gasteiger partial charge in [0, 0.05) is 31.1 Å². The van der Waals surface area contributed by atoms with E-state index in [2.05, 4.69) is 43.0 Å². The summed E-state index contributed by atoms with van der Waals surface area (Å²) in [4.78, 5) is 20.9. The van der Waals surface area contributed by atoms with Gasteiger partial charge in [0.15, 0.2) is 0 Å². The van der Waals surface area contributed by atoms with Gasteiger partial charge in [0.1, 0.15) is 0 Å². The van der Waals surface area contributed by atoms with Crippen molar-refractivity contribution < 1.29 is 9.90 Å². The van der Waals surface area contributed by atoms with E-state index in [1.54, 1.807) is 12.4 Å². The summed E-state index contributed by atoms with van der Waals surface area (Å²) >= 11 is 0. The van der Waals surface area contributed by atoms with Crippen molar-refractivity contribution in [1.82, 2.24) is 9.97 Å². The van der Waals surface area contributed by atoms with Gasteiger partial charge in [0.2, 0.25) is 5.91 Å². The van der Waals surface area contributed by atoms with Gasteiger partial charge in [-0.1, -0.05) is 27.7 Å². The molecule has 0 saturated heterocycles. The molecule has 0 radical (unpaired) electrons. The highest BCUT2D eigenvalue weighted by Gasteiger charge is 2.30. The Morgan fingerprint density at radius 2 is 1.75 bits per heavy atom. The van der Waals surface area contributed by atoms with Crippen LogP contribution in [0.25, 0.3) is 11.0 Å². The number of aliphatic hydroxyl groups excluding tert-OH is 1. The monoisotopic (exact) mass is 329 g/mol. The molecular weight excluding hydrogens is 302 g/mol. The summed E-state index contributed by atoms with van der Waals surface area (Å²) in [5, 5.41) is 12.1. The van der Waals surface area contributed by atoms with E-state index in [4.69, 9.17) is 0 Å². The van der Waals surface area contributed by atoms with Crippen molar-refractivity contribution in [3.63, 3.8) is 0 Å². The molecule has 0 atom stereocenters. The fourth-order valence-electron chi connectivity index (χ4n) is 3.43. The minimum atomic E-state index is -0.139. The molecule has 2 N–H and O–H groups in total. The molecule has 2 rings (SSSR count). The summed E-state index contributed by atoms with van der Waals surface area (Å²) in [6.07, 6.45) is 5.33. The van der Waals surface area contributed by atoms with Crippen LogP contribution in [0.3, 0.4) is 0 Å². The second-order valence-electron chi connectivity index (χ2n) is 7.96. The molecule has 0 aliphatic carbocycles. The summed E-state index contributed by atoms with van der Waals surface area (Å²) in [5.41, 5.74) is 2.18. The molecule has 5 heteroatoms. The number of carbonyl (C=O) groups is 1. The van der Waals surface area contributed by atoms with Gasteiger partial charge in [-0.2, -0.15) is 0 Å². The van der Waals surface area contributed by atoms with E-state index in [0.29, 0.717) is 6.42 Å². The van der Waals surface area contributed by atoms with Crippen molar-refractivity contribution >= 4 is 22.6 Å². The maximum atomic E-state index is 12.4. The molecule has 1 aromatic carbocycles. The summed E-state index contributed by atoms with van der Waals surface area (Å²) in [6.45, 7) is 8.62.